The van der Waals surface area contributed by atoms with Crippen molar-refractivity contribution >= 4 is 53.5 Å². The summed E-state index contributed by atoms with van der Waals surface area (Å²) in [7, 11) is -2.06. The number of rotatable bonds is 6. The summed E-state index contributed by atoms with van der Waals surface area (Å²) in [6, 6.07) is 4.12. The molecule has 8 heteroatoms. The van der Waals surface area contributed by atoms with Gasteiger partial charge < -0.3 is 4.74 Å². The summed E-state index contributed by atoms with van der Waals surface area (Å²) in [5, 5.41) is 0.928. The fourth-order valence-corrected chi connectivity index (χ4v) is 3.70. The molecule has 0 bridgehead atoms. The Balaban J connectivity index is 2.95. The summed E-state index contributed by atoms with van der Waals surface area (Å²) in [5.41, 5.74) is 0. The number of ether oxygens (including phenoxy) is 1. The van der Waals surface area contributed by atoms with Crippen molar-refractivity contribution in [1.82, 2.24) is 4.72 Å². The van der Waals surface area contributed by atoms with Crippen LogP contribution in [0.4, 0.5) is 0 Å². The molecule has 0 fully saturated rings. The monoisotopic (exact) mass is 419 g/mol. The van der Waals surface area contributed by atoms with Crippen LogP contribution < -0.4 is 4.72 Å². The summed E-state index contributed by atoms with van der Waals surface area (Å²) < 4.78 is 32.2. The van der Waals surface area contributed by atoms with E-state index in [1.807, 2.05) is 0 Å². The van der Waals surface area contributed by atoms with Crippen molar-refractivity contribution in [2.24, 2.45) is 0 Å². The zero-order chi connectivity index (χ0) is 13.8. The molecule has 0 aliphatic heterocycles. The lowest BCUT2D eigenvalue weighted by Gasteiger charge is -2.15. The molecule has 1 aromatic rings. The molecular weight excluding hydrogens is 409 g/mol. The average molecular weight is 422 g/mol. The number of hydrogen-bond donors (Lipinski definition) is 1. The Bertz CT molecular complexity index is 510. The molecule has 18 heavy (non-hydrogen) atoms. The minimum Gasteiger partial charge on any atom is -0.383 e. The van der Waals surface area contributed by atoms with E-state index in [0.29, 0.717) is 21.4 Å². The van der Waals surface area contributed by atoms with E-state index in [2.05, 4.69) is 36.6 Å². The highest BCUT2D eigenvalue weighted by Crippen LogP contribution is 2.25. The van der Waals surface area contributed by atoms with Crippen LogP contribution in [0.3, 0.4) is 0 Å². The second kappa shape index (κ2) is 7.21. The molecule has 1 unspecified atom stereocenters. The van der Waals surface area contributed by atoms with Crippen molar-refractivity contribution < 1.29 is 13.2 Å². The van der Waals surface area contributed by atoms with Crippen LogP contribution in [0.15, 0.2) is 27.6 Å². The van der Waals surface area contributed by atoms with Crippen LogP contribution in [0, 0.1) is 0 Å². The van der Waals surface area contributed by atoms with Gasteiger partial charge in [-0.25, -0.2) is 13.1 Å². The molecule has 102 valence electrons. The van der Waals surface area contributed by atoms with Crippen molar-refractivity contribution in [2.45, 2.75) is 10.9 Å². The van der Waals surface area contributed by atoms with E-state index < -0.39 is 10.0 Å². The van der Waals surface area contributed by atoms with Gasteiger partial charge in [-0.15, -0.1) is 0 Å². The third-order valence-electron chi connectivity index (χ3n) is 2.08. The van der Waals surface area contributed by atoms with Crippen molar-refractivity contribution in [1.29, 1.82) is 0 Å². The molecule has 0 saturated carbocycles. The first-order valence-electron chi connectivity index (χ1n) is 4.93. The van der Waals surface area contributed by atoms with Gasteiger partial charge in [0, 0.05) is 16.9 Å². The number of methoxy groups -OCH3 is 1. The first kappa shape index (κ1) is 16.4. The third kappa shape index (κ3) is 4.47. The van der Waals surface area contributed by atoms with Crippen molar-refractivity contribution in [3.8, 4) is 0 Å². The van der Waals surface area contributed by atoms with Gasteiger partial charge in [0.2, 0.25) is 10.0 Å². The second-order valence-electron chi connectivity index (χ2n) is 3.50. The largest absolute Gasteiger partial charge is 0.383 e. The molecule has 1 atom stereocenters. The second-order valence-corrected chi connectivity index (χ2v) is 7.13. The maximum absolute atomic E-state index is 12.1. The van der Waals surface area contributed by atoms with Gasteiger partial charge in [-0.05, 0) is 34.1 Å². The van der Waals surface area contributed by atoms with E-state index in [9.17, 15) is 8.42 Å². The average Bonchev–Trinajstić information content (AvgIpc) is 2.31. The summed E-state index contributed by atoms with van der Waals surface area (Å²) in [5.74, 6) is 0. The Morgan fingerprint density at radius 2 is 2.17 bits per heavy atom. The molecule has 0 radical (unpaired) electrons. The van der Waals surface area contributed by atoms with Gasteiger partial charge in [0.15, 0.2) is 0 Å². The molecule has 0 heterocycles. The van der Waals surface area contributed by atoms with Crippen LogP contribution in [0.25, 0.3) is 0 Å². The molecular formula is C10H12Br2ClNO3S. The molecule has 4 nitrogen and oxygen atoms in total. The van der Waals surface area contributed by atoms with Gasteiger partial charge in [-0.1, -0.05) is 27.5 Å². The van der Waals surface area contributed by atoms with E-state index in [-0.39, 0.29) is 10.9 Å². The van der Waals surface area contributed by atoms with E-state index in [4.69, 9.17) is 16.3 Å². The normalized spacial score (nSPS) is 13.6. The molecule has 0 aromatic heterocycles. The number of sulfonamides is 1. The van der Waals surface area contributed by atoms with Crippen LogP contribution >= 0.6 is 43.5 Å². The Morgan fingerprint density at radius 3 is 2.67 bits per heavy atom. The van der Waals surface area contributed by atoms with Crippen LogP contribution in [0.1, 0.15) is 0 Å². The third-order valence-corrected chi connectivity index (χ3v) is 5.59. The van der Waals surface area contributed by atoms with Crippen molar-refractivity contribution in [3.05, 3.63) is 27.7 Å². The SMILES string of the molecule is COCC(CBr)NS(=O)(=O)c1ccc(Cl)c(Br)c1. The molecule has 0 aliphatic carbocycles. The Kier molecular flexibility index (Phi) is 6.57. The van der Waals surface area contributed by atoms with Crippen LogP contribution in [0.2, 0.25) is 5.02 Å². The van der Waals surface area contributed by atoms with E-state index >= 15 is 0 Å². The first-order chi connectivity index (χ1) is 8.40. The molecule has 0 aliphatic rings. The van der Waals surface area contributed by atoms with E-state index in [1.165, 1.54) is 25.3 Å². The van der Waals surface area contributed by atoms with Gasteiger partial charge in [0.25, 0.3) is 0 Å². The predicted octanol–water partition coefficient (Wildman–Crippen LogP) is 2.79. The molecule has 0 spiro atoms. The summed E-state index contributed by atoms with van der Waals surface area (Å²) in [6.07, 6.45) is 0. The zero-order valence-electron chi connectivity index (χ0n) is 9.49. The molecule has 1 aromatic carbocycles. The standard InChI is InChI=1S/C10H12Br2ClNO3S/c1-17-6-7(5-11)14-18(15,16)8-2-3-10(13)9(12)4-8/h2-4,7,14H,5-6H2,1H3. The quantitative estimate of drug-likeness (QED) is 0.719. The highest BCUT2D eigenvalue weighted by molar-refractivity contribution is 9.10. The molecule has 0 amide bonds. The summed E-state index contributed by atoms with van der Waals surface area (Å²) in [4.78, 5) is 0.154. The van der Waals surface area contributed by atoms with Crippen LogP contribution in [-0.4, -0.2) is 33.5 Å². The van der Waals surface area contributed by atoms with Gasteiger partial charge in [-0.2, -0.15) is 0 Å². The van der Waals surface area contributed by atoms with E-state index in [0.717, 1.165) is 0 Å². The molecule has 0 saturated heterocycles. The number of halogens is 3. The Labute approximate surface area is 128 Å². The van der Waals surface area contributed by atoms with E-state index in [1.54, 1.807) is 0 Å². The van der Waals surface area contributed by atoms with Gasteiger partial charge in [0.1, 0.15) is 0 Å². The number of benzene rings is 1. The highest BCUT2D eigenvalue weighted by Gasteiger charge is 2.20. The summed E-state index contributed by atoms with van der Waals surface area (Å²) >= 11 is 12.2. The topological polar surface area (TPSA) is 55.4 Å². The Morgan fingerprint density at radius 1 is 1.50 bits per heavy atom. The Hall–Kier alpha value is 0.340. The van der Waals surface area contributed by atoms with Crippen molar-refractivity contribution in [2.75, 3.05) is 19.0 Å². The number of hydrogen-bond acceptors (Lipinski definition) is 3. The lowest BCUT2D eigenvalue weighted by atomic mass is 10.4. The minimum absolute atomic E-state index is 0.154. The van der Waals surface area contributed by atoms with Gasteiger partial charge >= 0.3 is 0 Å². The lowest BCUT2D eigenvalue weighted by molar-refractivity contribution is 0.182. The maximum Gasteiger partial charge on any atom is 0.240 e. The minimum atomic E-state index is -3.58. The highest BCUT2D eigenvalue weighted by atomic mass is 79.9. The summed E-state index contributed by atoms with van der Waals surface area (Å²) in [6.45, 7) is 0.291. The number of nitrogens with one attached hydrogen (secondary N) is 1. The van der Waals surface area contributed by atoms with Gasteiger partial charge in [0.05, 0.1) is 22.6 Å². The van der Waals surface area contributed by atoms with Gasteiger partial charge in [-0.3, -0.25) is 0 Å². The lowest BCUT2D eigenvalue weighted by Crippen LogP contribution is -2.39. The predicted molar refractivity (Wildman–Crippen MR) is 78.9 cm³/mol. The van der Waals surface area contributed by atoms with Crippen molar-refractivity contribution in [3.63, 3.8) is 0 Å². The molecule has 1 N–H and O–H groups in total. The fourth-order valence-electron chi connectivity index (χ4n) is 1.24. The zero-order valence-corrected chi connectivity index (χ0v) is 14.2. The first-order valence-corrected chi connectivity index (χ1v) is 8.70. The maximum atomic E-state index is 12.1. The smallest absolute Gasteiger partial charge is 0.240 e. The molecule has 1 rings (SSSR count). The van der Waals surface area contributed by atoms with Crippen LogP contribution in [0.5, 0.6) is 0 Å². The fraction of sp³-hybridized carbons (Fsp3) is 0.400. The number of alkyl halides is 1. The van der Waals surface area contributed by atoms with Crippen LogP contribution in [-0.2, 0) is 14.8 Å².